The molecule has 10 saturated heterocycles. The molecule has 0 aromatic carbocycles. The molecule has 0 aromatic heterocycles. The van der Waals surface area contributed by atoms with Gasteiger partial charge in [-0.05, 0) is 209 Å². The van der Waals surface area contributed by atoms with Crippen LogP contribution in [0.15, 0.2) is 0 Å². The van der Waals surface area contributed by atoms with E-state index in [0.717, 1.165) is 0 Å². The number of hydrogen-bond acceptors (Lipinski definition) is 16. The molecule has 446 valence electrons. The van der Waals surface area contributed by atoms with Crippen LogP contribution in [0.4, 0.5) is 0 Å². The summed E-state index contributed by atoms with van der Waals surface area (Å²) in [7, 11) is 0. The van der Waals surface area contributed by atoms with E-state index in [9.17, 15) is 0 Å². The summed E-state index contributed by atoms with van der Waals surface area (Å²) in [4.78, 5) is 0. The molecule has 0 aromatic rings. The molecule has 34 atom stereocenters. The highest BCUT2D eigenvalue weighted by Crippen LogP contribution is 2.56. The molecule has 8 saturated carbocycles. The quantitative estimate of drug-likeness (QED) is 0.173. The van der Waals surface area contributed by atoms with Crippen molar-refractivity contribution < 1.29 is 0 Å². The van der Waals surface area contributed by atoms with Gasteiger partial charge in [-0.1, -0.05) is 89.9 Å². The number of fused-ring (bicyclic) bond motifs is 40. The van der Waals surface area contributed by atoms with Crippen LogP contribution in [0.5, 0.6) is 0 Å². The van der Waals surface area contributed by atoms with Gasteiger partial charge in [0.15, 0.2) is 0 Å². The largest absolute Gasteiger partial charge is 0.286 e. The van der Waals surface area contributed by atoms with Crippen LogP contribution < -0.4 is 85.1 Å². The van der Waals surface area contributed by atoms with E-state index in [1.165, 1.54) is 193 Å². The Morgan fingerprint density at radius 2 is 0.237 bits per heavy atom. The molecule has 16 nitrogen and oxygen atoms in total. The van der Waals surface area contributed by atoms with Crippen molar-refractivity contribution in [1.29, 1.82) is 0 Å². The first kappa shape index (κ1) is 52.5. The lowest BCUT2D eigenvalue weighted by Crippen LogP contribution is -2.62. The van der Waals surface area contributed by atoms with Gasteiger partial charge in [-0.2, -0.15) is 0 Å². The molecule has 0 amide bonds. The van der Waals surface area contributed by atoms with E-state index in [0.29, 0.717) is 205 Å². The minimum absolute atomic E-state index is 0.294. The van der Waals surface area contributed by atoms with Crippen molar-refractivity contribution in [2.45, 2.75) is 291 Å². The van der Waals surface area contributed by atoms with Gasteiger partial charge in [-0.3, -0.25) is 85.1 Å². The van der Waals surface area contributed by atoms with E-state index in [2.05, 4.69) is 85.1 Å². The Labute approximate surface area is 480 Å². The van der Waals surface area contributed by atoms with Gasteiger partial charge in [0.1, 0.15) is 0 Å². The number of rotatable bonds is 1. The Hall–Kier alpha value is -0.640. The van der Waals surface area contributed by atoms with E-state index in [1.807, 2.05) is 0 Å². The predicted molar refractivity (Wildman–Crippen MR) is 312 cm³/mol. The first-order chi connectivity index (χ1) is 39.6. The fourth-order valence-corrected chi connectivity index (χ4v) is 25.2. The van der Waals surface area contributed by atoms with E-state index in [-0.39, 0.29) is 0 Å². The molecular weight excluding hydrogens is 993 g/mol. The van der Waals surface area contributed by atoms with E-state index >= 15 is 0 Å². The van der Waals surface area contributed by atoms with Gasteiger partial charge >= 0.3 is 0 Å². The van der Waals surface area contributed by atoms with Gasteiger partial charge in [-0.15, -0.1) is 0 Å². The van der Waals surface area contributed by atoms with Gasteiger partial charge in [0.05, 0.1) is 98.7 Å². The number of hydrogen-bond donors (Lipinski definition) is 16. The molecule has 16 heteroatoms. The van der Waals surface area contributed by atoms with Gasteiger partial charge < -0.3 is 0 Å². The SMILES string of the molecule is C1CCC2C3NC(NC4NC(NC5NC(NC6NC(N3)C3CCCCC63)C3C5CCCC3C3CCCC5C6NC7NC(NC8NC(NC9NC(NC(N6)C53)C3CCCCC93)C3CCCCC83)C3CCCCC73)C3CCCCC43)C2C1. The highest BCUT2D eigenvalue weighted by atomic mass is 15.4. The molecule has 16 bridgehead atoms. The molecule has 34 unspecified atom stereocenters. The van der Waals surface area contributed by atoms with Crippen molar-refractivity contribution >= 4 is 0 Å². The minimum atomic E-state index is 0.294. The van der Waals surface area contributed by atoms with Gasteiger partial charge in [0.2, 0.25) is 0 Å². The summed E-state index contributed by atoms with van der Waals surface area (Å²) in [5.41, 5.74) is 0. The van der Waals surface area contributed by atoms with Crippen LogP contribution in [0, 0.1) is 107 Å². The summed E-state index contributed by atoms with van der Waals surface area (Å²) in [6.07, 6.45) is 46.6. The summed E-state index contributed by atoms with van der Waals surface area (Å²) in [5.74, 6) is 12.1. The highest BCUT2D eigenvalue weighted by molar-refractivity contribution is 5.14. The second kappa shape index (κ2) is 21.6. The van der Waals surface area contributed by atoms with Crippen molar-refractivity contribution in [3.05, 3.63) is 0 Å². The third-order valence-corrected chi connectivity index (χ3v) is 28.4. The standard InChI is InChI=1S/C64H110N16/c1-3-17-35-33(15-1)49-65-51(35)69-55-41-23-9-11-25-43(41)59(73-55)77-63-47-31(27-13-29-45(47)61(79-63)75-57-39-21-7-5-19-37(39)53(67-49)71-57)32-28-14-30-46-48(32)64-78-60-44-26-12-10-24-42(44)56(74-60)70-52-36-18-4-2-16-34(36)50(66-52)68-54-38-20-6-8-22-40(38)58(72-54)76-62(46)80-64/h31-80H,1-30H2. The maximum atomic E-state index is 4.65. The second-order valence-electron chi connectivity index (χ2n) is 31.7. The average Bonchev–Trinajstić information content (AvgIpc) is 4.42. The Balaban J connectivity index is 0.683. The topological polar surface area (TPSA) is 192 Å². The maximum Gasteiger partial charge on any atom is 0.0631 e. The Morgan fingerprint density at radius 1 is 0.113 bits per heavy atom. The van der Waals surface area contributed by atoms with Gasteiger partial charge in [0, 0.05) is 0 Å². The van der Waals surface area contributed by atoms with Crippen molar-refractivity contribution in [2.24, 2.45) is 107 Å². The predicted octanol–water partition coefficient (Wildman–Crippen LogP) is 4.68. The van der Waals surface area contributed by atoms with E-state index < -0.39 is 0 Å². The minimum Gasteiger partial charge on any atom is -0.286 e. The third kappa shape index (κ3) is 8.88. The molecule has 0 radical (unpaired) electrons. The third-order valence-electron chi connectivity index (χ3n) is 28.4. The fourth-order valence-electron chi connectivity index (χ4n) is 25.2. The molecule has 10 heterocycles. The zero-order chi connectivity index (χ0) is 52.2. The second-order valence-corrected chi connectivity index (χ2v) is 31.7. The smallest absolute Gasteiger partial charge is 0.0631 e. The van der Waals surface area contributed by atoms with Crippen LogP contribution in [-0.4, -0.2) is 98.7 Å². The Kier molecular flexibility index (Phi) is 14.2. The lowest BCUT2D eigenvalue weighted by Gasteiger charge is -2.49. The zero-order valence-electron chi connectivity index (χ0n) is 48.8. The van der Waals surface area contributed by atoms with Gasteiger partial charge in [0.25, 0.3) is 0 Å². The van der Waals surface area contributed by atoms with Crippen molar-refractivity contribution in [1.82, 2.24) is 85.1 Å². The number of nitrogens with one attached hydrogen (secondary N) is 16. The van der Waals surface area contributed by atoms with Crippen LogP contribution in [0.1, 0.15) is 193 Å². The normalized spacial score (nSPS) is 59.7. The zero-order valence-corrected chi connectivity index (χ0v) is 48.8. The molecule has 10 aliphatic heterocycles. The summed E-state index contributed by atoms with van der Waals surface area (Å²) >= 11 is 0. The summed E-state index contributed by atoms with van der Waals surface area (Å²) in [6.45, 7) is 0. The van der Waals surface area contributed by atoms with Crippen LogP contribution >= 0.6 is 0 Å². The lowest BCUT2D eigenvalue weighted by atomic mass is 9.58. The molecule has 18 fully saturated rings. The summed E-state index contributed by atoms with van der Waals surface area (Å²) in [6, 6.07) is 0. The van der Waals surface area contributed by atoms with E-state index in [1.54, 1.807) is 0 Å². The molecular formula is C64H110N16. The average molecular weight is 1100 g/mol. The maximum absolute atomic E-state index is 4.65. The van der Waals surface area contributed by atoms with Crippen LogP contribution in [-0.2, 0) is 0 Å². The molecule has 80 heavy (non-hydrogen) atoms. The molecule has 18 aliphatic rings. The summed E-state index contributed by atoms with van der Waals surface area (Å²) < 4.78 is 0. The first-order valence-electron chi connectivity index (χ1n) is 35.8. The van der Waals surface area contributed by atoms with Crippen LogP contribution in [0.25, 0.3) is 0 Å². The monoisotopic (exact) mass is 1100 g/mol. The molecule has 0 spiro atoms. The Bertz CT molecular complexity index is 2040. The lowest BCUT2D eigenvalue weighted by molar-refractivity contribution is 0.0104. The first-order valence-corrected chi connectivity index (χ1v) is 35.8. The van der Waals surface area contributed by atoms with Crippen molar-refractivity contribution in [3.63, 3.8) is 0 Å². The van der Waals surface area contributed by atoms with Crippen molar-refractivity contribution in [2.75, 3.05) is 0 Å². The highest BCUT2D eigenvalue weighted by Gasteiger charge is 2.61. The Morgan fingerprint density at radius 3 is 0.412 bits per heavy atom. The summed E-state index contributed by atoms with van der Waals surface area (Å²) in [5, 5.41) is 71.6. The van der Waals surface area contributed by atoms with Crippen molar-refractivity contribution in [3.8, 4) is 0 Å². The molecule has 16 N–H and O–H groups in total. The van der Waals surface area contributed by atoms with E-state index in [4.69, 9.17) is 0 Å². The van der Waals surface area contributed by atoms with Crippen LogP contribution in [0.3, 0.4) is 0 Å². The molecule has 18 rings (SSSR count). The fraction of sp³-hybridized carbons (Fsp3) is 1.00. The van der Waals surface area contributed by atoms with Gasteiger partial charge in [-0.25, -0.2) is 0 Å². The van der Waals surface area contributed by atoms with Crippen LogP contribution in [0.2, 0.25) is 0 Å². The molecule has 8 aliphatic carbocycles.